The standard InChI is InChI=1S/C20H26N2O3/c1-6-16-8-7-9-18(22(24)20(23)21-5)17(16)12-25-19-11-14(3)13(2)10-15(19)4/h7-11,24H,6,12H2,1-5H3,(H,21,23). The highest BCUT2D eigenvalue weighted by atomic mass is 16.5. The lowest BCUT2D eigenvalue weighted by Crippen LogP contribution is -2.36. The highest BCUT2D eigenvalue weighted by molar-refractivity contribution is 5.90. The van der Waals surface area contributed by atoms with E-state index in [4.69, 9.17) is 4.74 Å². The molecule has 5 heteroatoms. The second-order valence-corrected chi connectivity index (χ2v) is 6.13. The van der Waals surface area contributed by atoms with Gasteiger partial charge in [-0.05, 0) is 61.6 Å². The average Bonchev–Trinajstić information content (AvgIpc) is 2.61. The zero-order chi connectivity index (χ0) is 18.6. The maximum atomic E-state index is 11.8. The highest BCUT2D eigenvalue weighted by Crippen LogP contribution is 2.28. The molecule has 2 aromatic rings. The van der Waals surface area contributed by atoms with Crippen molar-refractivity contribution in [3.05, 3.63) is 58.1 Å². The van der Waals surface area contributed by atoms with E-state index in [1.54, 1.807) is 6.07 Å². The van der Waals surface area contributed by atoms with Gasteiger partial charge in [-0.2, -0.15) is 5.06 Å². The summed E-state index contributed by atoms with van der Waals surface area (Å²) in [6.07, 6.45) is 0.778. The first-order chi connectivity index (χ1) is 11.9. The monoisotopic (exact) mass is 342 g/mol. The van der Waals surface area contributed by atoms with Crippen molar-refractivity contribution in [3.63, 3.8) is 0 Å². The van der Waals surface area contributed by atoms with Crippen molar-refractivity contribution in [1.29, 1.82) is 0 Å². The van der Waals surface area contributed by atoms with Gasteiger partial charge in [0, 0.05) is 12.6 Å². The van der Waals surface area contributed by atoms with E-state index in [1.807, 2.05) is 39.0 Å². The number of urea groups is 1. The van der Waals surface area contributed by atoms with Crippen molar-refractivity contribution in [2.75, 3.05) is 12.1 Å². The fourth-order valence-electron chi connectivity index (χ4n) is 2.77. The van der Waals surface area contributed by atoms with Crippen LogP contribution in [0, 0.1) is 20.8 Å². The lowest BCUT2D eigenvalue weighted by Gasteiger charge is -2.21. The number of ether oxygens (including phenoxy) is 1. The van der Waals surface area contributed by atoms with Gasteiger partial charge in [0.25, 0.3) is 0 Å². The van der Waals surface area contributed by atoms with Crippen LogP contribution in [-0.2, 0) is 13.0 Å². The minimum absolute atomic E-state index is 0.275. The summed E-state index contributed by atoms with van der Waals surface area (Å²) >= 11 is 0. The number of hydrogen-bond donors (Lipinski definition) is 2. The molecule has 0 aliphatic rings. The van der Waals surface area contributed by atoms with E-state index in [0.29, 0.717) is 10.8 Å². The number of carbonyl (C=O) groups excluding carboxylic acids is 1. The lowest BCUT2D eigenvalue weighted by molar-refractivity contribution is 0.205. The number of nitrogens with one attached hydrogen (secondary N) is 1. The Kier molecular flexibility index (Phi) is 6.04. The van der Waals surface area contributed by atoms with Gasteiger partial charge in [-0.3, -0.25) is 5.21 Å². The van der Waals surface area contributed by atoms with E-state index in [1.165, 1.54) is 18.2 Å². The molecule has 2 N–H and O–H groups in total. The molecule has 0 saturated heterocycles. The SMILES string of the molecule is CCc1cccc(N(O)C(=O)NC)c1COc1cc(C)c(C)cc1C. The second kappa shape index (κ2) is 8.03. The maximum Gasteiger partial charge on any atom is 0.345 e. The minimum Gasteiger partial charge on any atom is -0.489 e. The minimum atomic E-state index is -0.586. The Morgan fingerprint density at radius 2 is 1.84 bits per heavy atom. The Morgan fingerprint density at radius 3 is 2.48 bits per heavy atom. The first-order valence-corrected chi connectivity index (χ1v) is 8.41. The number of benzene rings is 2. The fourth-order valence-corrected chi connectivity index (χ4v) is 2.77. The van der Waals surface area contributed by atoms with Gasteiger partial charge in [-0.25, -0.2) is 4.79 Å². The van der Waals surface area contributed by atoms with E-state index in [9.17, 15) is 10.0 Å². The predicted octanol–water partition coefficient (Wildman–Crippen LogP) is 4.29. The van der Waals surface area contributed by atoms with Gasteiger partial charge in [-0.1, -0.05) is 25.1 Å². The number of carbonyl (C=O) groups is 1. The molecule has 25 heavy (non-hydrogen) atoms. The summed E-state index contributed by atoms with van der Waals surface area (Å²) in [5.74, 6) is 0.810. The van der Waals surface area contributed by atoms with Gasteiger partial charge in [-0.15, -0.1) is 0 Å². The molecule has 0 saturated carbocycles. The molecule has 0 bridgehead atoms. The normalized spacial score (nSPS) is 10.5. The molecular weight excluding hydrogens is 316 g/mol. The summed E-state index contributed by atoms with van der Waals surface area (Å²) in [7, 11) is 1.48. The fraction of sp³-hybridized carbons (Fsp3) is 0.350. The Labute approximate surface area is 149 Å². The molecule has 134 valence electrons. The van der Waals surface area contributed by atoms with Crippen LogP contribution in [0.25, 0.3) is 0 Å². The topological polar surface area (TPSA) is 61.8 Å². The van der Waals surface area contributed by atoms with Crippen LogP contribution >= 0.6 is 0 Å². The second-order valence-electron chi connectivity index (χ2n) is 6.13. The summed E-state index contributed by atoms with van der Waals surface area (Å²) in [5.41, 5.74) is 5.71. The van der Waals surface area contributed by atoms with E-state index in [0.717, 1.165) is 28.9 Å². The van der Waals surface area contributed by atoms with Gasteiger partial charge in [0.1, 0.15) is 12.4 Å². The Morgan fingerprint density at radius 1 is 1.16 bits per heavy atom. The molecule has 0 aromatic heterocycles. The molecule has 0 fully saturated rings. The van der Waals surface area contributed by atoms with E-state index < -0.39 is 6.03 Å². The molecule has 5 nitrogen and oxygen atoms in total. The number of hydrogen-bond acceptors (Lipinski definition) is 3. The summed E-state index contributed by atoms with van der Waals surface area (Å²) in [6.45, 7) is 8.44. The number of anilines is 1. The first-order valence-electron chi connectivity index (χ1n) is 8.41. The Balaban J connectivity index is 2.35. The Bertz CT molecular complexity index is 772. The van der Waals surface area contributed by atoms with Crippen LogP contribution < -0.4 is 15.1 Å². The first kappa shape index (κ1) is 18.8. The molecule has 0 atom stereocenters. The zero-order valence-corrected chi connectivity index (χ0v) is 15.5. The van der Waals surface area contributed by atoms with Crippen LogP contribution in [0.4, 0.5) is 10.5 Å². The van der Waals surface area contributed by atoms with Crippen LogP contribution in [0.15, 0.2) is 30.3 Å². The van der Waals surface area contributed by atoms with Crippen molar-refractivity contribution in [2.45, 2.75) is 40.7 Å². The smallest absolute Gasteiger partial charge is 0.345 e. The summed E-state index contributed by atoms with van der Waals surface area (Å²) in [6, 6.07) is 9.05. The van der Waals surface area contributed by atoms with Crippen molar-refractivity contribution in [3.8, 4) is 5.75 Å². The van der Waals surface area contributed by atoms with Gasteiger partial charge in [0.2, 0.25) is 0 Å². The molecule has 0 heterocycles. The maximum absolute atomic E-state index is 11.8. The molecule has 0 radical (unpaired) electrons. The quantitative estimate of drug-likeness (QED) is 0.629. The highest BCUT2D eigenvalue weighted by Gasteiger charge is 2.18. The molecule has 0 spiro atoms. The van der Waals surface area contributed by atoms with Crippen LogP contribution in [0.5, 0.6) is 5.75 Å². The summed E-state index contributed by atoms with van der Waals surface area (Å²) in [4.78, 5) is 11.8. The number of hydroxylamine groups is 1. The molecule has 2 rings (SSSR count). The summed E-state index contributed by atoms with van der Waals surface area (Å²) in [5, 5.41) is 13.2. The van der Waals surface area contributed by atoms with E-state index in [2.05, 4.69) is 18.3 Å². The molecular formula is C20H26N2O3. The van der Waals surface area contributed by atoms with Crippen molar-refractivity contribution in [2.24, 2.45) is 0 Å². The molecule has 2 amide bonds. The predicted molar refractivity (Wildman–Crippen MR) is 99.5 cm³/mol. The third-order valence-corrected chi connectivity index (χ3v) is 4.43. The Hall–Kier alpha value is -2.53. The zero-order valence-electron chi connectivity index (χ0n) is 15.5. The molecule has 0 unspecified atom stereocenters. The number of rotatable bonds is 5. The van der Waals surface area contributed by atoms with Gasteiger partial charge in [0.05, 0.1) is 5.69 Å². The van der Waals surface area contributed by atoms with E-state index in [-0.39, 0.29) is 6.61 Å². The van der Waals surface area contributed by atoms with Crippen LogP contribution in [0.2, 0.25) is 0 Å². The van der Waals surface area contributed by atoms with Crippen LogP contribution in [0.3, 0.4) is 0 Å². The summed E-state index contributed by atoms with van der Waals surface area (Å²) < 4.78 is 6.04. The van der Waals surface area contributed by atoms with E-state index >= 15 is 0 Å². The lowest BCUT2D eigenvalue weighted by atomic mass is 10.0. The molecule has 0 aliphatic heterocycles. The van der Waals surface area contributed by atoms with Crippen LogP contribution in [0.1, 0.15) is 34.7 Å². The van der Waals surface area contributed by atoms with Crippen LogP contribution in [-0.4, -0.2) is 18.3 Å². The third kappa shape index (κ3) is 4.12. The van der Waals surface area contributed by atoms with Gasteiger partial charge >= 0.3 is 6.03 Å². The number of aryl methyl sites for hydroxylation is 4. The number of amides is 2. The average molecular weight is 342 g/mol. The number of nitrogens with zero attached hydrogens (tertiary/aromatic N) is 1. The molecule has 2 aromatic carbocycles. The molecule has 0 aliphatic carbocycles. The van der Waals surface area contributed by atoms with Crippen molar-refractivity contribution < 1.29 is 14.7 Å². The van der Waals surface area contributed by atoms with Gasteiger partial charge < -0.3 is 10.1 Å². The van der Waals surface area contributed by atoms with Gasteiger partial charge in [0.15, 0.2) is 0 Å². The third-order valence-electron chi connectivity index (χ3n) is 4.43. The van der Waals surface area contributed by atoms with Crippen molar-refractivity contribution >= 4 is 11.7 Å². The largest absolute Gasteiger partial charge is 0.489 e. The van der Waals surface area contributed by atoms with Crippen molar-refractivity contribution in [1.82, 2.24) is 5.32 Å².